The minimum Gasteiger partial charge on any atom is -0.370 e. The molecule has 1 aromatic carbocycles. The summed E-state index contributed by atoms with van der Waals surface area (Å²) in [6, 6.07) is 6.91. The molecule has 5 rings (SSSR count). The van der Waals surface area contributed by atoms with Crippen LogP contribution in [0.5, 0.6) is 0 Å². The molecule has 3 aliphatic rings. The molecule has 170 valence electrons. The molecule has 0 aliphatic carbocycles. The molecule has 7 nitrogen and oxygen atoms in total. The number of benzene rings is 1. The molecule has 3 fully saturated rings. The van der Waals surface area contributed by atoms with Crippen LogP contribution < -0.4 is 4.90 Å². The van der Waals surface area contributed by atoms with Gasteiger partial charge in [-0.25, -0.2) is 0 Å². The van der Waals surface area contributed by atoms with Crippen molar-refractivity contribution in [3.8, 4) is 6.07 Å². The number of ether oxygens (including phenoxy) is 1. The first-order chi connectivity index (χ1) is 15.7. The van der Waals surface area contributed by atoms with Crippen LogP contribution in [0, 0.1) is 11.3 Å². The maximum atomic E-state index is 9.45. The van der Waals surface area contributed by atoms with Crippen molar-refractivity contribution in [3.63, 3.8) is 0 Å². The average molecular weight is 435 g/mol. The van der Waals surface area contributed by atoms with Crippen molar-refractivity contribution in [1.29, 1.82) is 5.26 Å². The number of anilines is 1. The summed E-state index contributed by atoms with van der Waals surface area (Å²) in [6.07, 6.45) is 10.4. The molecule has 2 atom stereocenters. The smallest absolute Gasteiger partial charge is 0.113 e. The molecule has 7 heteroatoms. The van der Waals surface area contributed by atoms with E-state index in [1.54, 1.807) is 12.4 Å². The molecule has 0 radical (unpaired) electrons. The van der Waals surface area contributed by atoms with Crippen molar-refractivity contribution >= 4 is 16.7 Å². The first-order valence-corrected chi connectivity index (χ1v) is 12.2. The fraction of sp³-hybridized carbons (Fsp3) is 0.640. The Hall–Kier alpha value is -2.27. The highest BCUT2D eigenvalue weighted by molar-refractivity contribution is 5.92. The van der Waals surface area contributed by atoms with Gasteiger partial charge in [0.25, 0.3) is 0 Å². The van der Waals surface area contributed by atoms with Crippen molar-refractivity contribution in [3.05, 3.63) is 30.1 Å². The van der Waals surface area contributed by atoms with Gasteiger partial charge in [-0.05, 0) is 70.9 Å². The third-order valence-electron chi connectivity index (χ3n) is 7.32. The number of nitrogens with zero attached hydrogens (tertiary/aromatic N) is 6. The van der Waals surface area contributed by atoms with E-state index in [1.165, 1.54) is 58.3 Å². The zero-order valence-electron chi connectivity index (χ0n) is 19.1. The Balaban J connectivity index is 1.24. The fourth-order valence-corrected chi connectivity index (χ4v) is 5.77. The van der Waals surface area contributed by atoms with Crippen molar-refractivity contribution in [2.45, 2.75) is 57.3 Å². The highest BCUT2D eigenvalue weighted by Gasteiger charge is 2.31. The molecular weight excluding hydrogens is 400 g/mol. The molecular formula is C25H34N6O. The van der Waals surface area contributed by atoms with E-state index in [1.807, 2.05) is 12.1 Å². The summed E-state index contributed by atoms with van der Waals surface area (Å²) in [7, 11) is 0. The second-order valence-corrected chi connectivity index (χ2v) is 9.60. The number of hydrogen-bond donors (Lipinski definition) is 0. The van der Waals surface area contributed by atoms with Crippen LogP contribution in [0.15, 0.2) is 24.5 Å². The van der Waals surface area contributed by atoms with Crippen LogP contribution in [0.25, 0.3) is 11.0 Å². The van der Waals surface area contributed by atoms with Crippen LogP contribution in [0.1, 0.15) is 44.6 Å². The summed E-state index contributed by atoms with van der Waals surface area (Å²) in [6.45, 7) is 9.72. The summed E-state index contributed by atoms with van der Waals surface area (Å²) >= 11 is 0. The molecule has 0 saturated carbocycles. The number of piperidine rings is 2. The highest BCUT2D eigenvalue weighted by atomic mass is 16.5. The lowest BCUT2D eigenvalue weighted by molar-refractivity contribution is -0.0380. The maximum Gasteiger partial charge on any atom is 0.113 e. The highest BCUT2D eigenvalue weighted by Crippen LogP contribution is 2.29. The normalized spacial score (nSPS) is 26.3. The van der Waals surface area contributed by atoms with Gasteiger partial charge in [0.15, 0.2) is 0 Å². The van der Waals surface area contributed by atoms with Crippen molar-refractivity contribution in [2.24, 2.45) is 0 Å². The fourth-order valence-electron chi connectivity index (χ4n) is 5.77. The largest absolute Gasteiger partial charge is 0.370 e. The van der Waals surface area contributed by atoms with E-state index in [9.17, 15) is 5.26 Å². The summed E-state index contributed by atoms with van der Waals surface area (Å²) in [5.74, 6) is 0. The lowest BCUT2D eigenvalue weighted by Gasteiger charge is -2.43. The average Bonchev–Trinajstić information content (AvgIpc) is 2.84. The van der Waals surface area contributed by atoms with Crippen LogP contribution >= 0.6 is 0 Å². The quantitative estimate of drug-likeness (QED) is 0.733. The molecule has 4 heterocycles. The van der Waals surface area contributed by atoms with Gasteiger partial charge < -0.3 is 19.4 Å². The Bertz CT molecular complexity index is 961. The van der Waals surface area contributed by atoms with E-state index >= 15 is 0 Å². The Kier molecular flexibility index (Phi) is 6.54. The zero-order chi connectivity index (χ0) is 21.9. The maximum absolute atomic E-state index is 9.45. The standard InChI is InChI=1S/C25H34N6O/c1-19-16-31(23-6-5-20(15-26)24-25(23)28-10-9-27-24)18-22(32-19)17-29-13-7-21(8-14-29)30-11-3-2-4-12-30/h5-6,9-10,19,21-22H,2-4,7-8,11-14,16-18H2,1H3/t19?,22-/m0/s1. The van der Waals surface area contributed by atoms with Crippen LogP contribution in [-0.2, 0) is 4.74 Å². The molecule has 0 amide bonds. The number of fused-ring (bicyclic) bond motifs is 1. The molecule has 3 saturated heterocycles. The SMILES string of the molecule is CC1CN(c2ccc(C#N)c3nccnc23)C[C@H](CN2CCC(N3CCCCC3)CC2)O1. The van der Waals surface area contributed by atoms with Gasteiger partial charge in [0.2, 0.25) is 0 Å². The molecule has 1 unspecified atom stereocenters. The van der Waals surface area contributed by atoms with Crippen molar-refractivity contribution in [1.82, 2.24) is 19.8 Å². The van der Waals surface area contributed by atoms with Gasteiger partial charge in [-0.2, -0.15) is 5.26 Å². The second kappa shape index (κ2) is 9.70. The molecule has 0 bridgehead atoms. The van der Waals surface area contributed by atoms with Crippen LogP contribution in [0.2, 0.25) is 0 Å². The van der Waals surface area contributed by atoms with Gasteiger partial charge in [0, 0.05) is 38.1 Å². The number of morpholine rings is 1. The second-order valence-electron chi connectivity index (χ2n) is 9.60. The number of nitriles is 1. The van der Waals surface area contributed by atoms with Gasteiger partial charge in [0.05, 0.1) is 23.5 Å². The van der Waals surface area contributed by atoms with Gasteiger partial charge in [-0.15, -0.1) is 0 Å². The molecule has 3 aliphatic heterocycles. The van der Waals surface area contributed by atoms with Gasteiger partial charge in [0.1, 0.15) is 17.1 Å². The van der Waals surface area contributed by atoms with E-state index in [4.69, 9.17) is 4.74 Å². The zero-order valence-corrected chi connectivity index (χ0v) is 19.1. The molecule has 2 aromatic rings. The monoisotopic (exact) mass is 434 g/mol. The van der Waals surface area contributed by atoms with Crippen LogP contribution in [-0.4, -0.2) is 83.8 Å². The van der Waals surface area contributed by atoms with E-state index < -0.39 is 0 Å². The topological polar surface area (TPSA) is 68.5 Å². The third-order valence-corrected chi connectivity index (χ3v) is 7.32. The summed E-state index contributed by atoms with van der Waals surface area (Å²) < 4.78 is 6.36. The number of rotatable bonds is 4. The molecule has 0 spiro atoms. The lowest BCUT2D eigenvalue weighted by Crippen LogP contribution is -2.53. The molecule has 1 aromatic heterocycles. The number of likely N-dealkylation sites (tertiary alicyclic amines) is 2. The van der Waals surface area contributed by atoms with E-state index in [0.29, 0.717) is 11.1 Å². The molecule has 0 N–H and O–H groups in total. The Morgan fingerprint density at radius 3 is 2.50 bits per heavy atom. The first kappa shape index (κ1) is 21.6. The number of aromatic nitrogens is 2. The summed E-state index contributed by atoms with van der Waals surface area (Å²) in [4.78, 5) is 16.7. The Labute approximate surface area is 191 Å². The van der Waals surface area contributed by atoms with Crippen LogP contribution in [0.4, 0.5) is 5.69 Å². The predicted molar refractivity (Wildman–Crippen MR) is 126 cm³/mol. The minimum atomic E-state index is 0.155. The lowest BCUT2D eigenvalue weighted by atomic mass is 9.99. The van der Waals surface area contributed by atoms with E-state index in [0.717, 1.165) is 36.9 Å². The van der Waals surface area contributed by atoms with Gasteiger partial charge in [-0.3, -0.25) is 9.97 Å². The minimum absolute atomic E-state index is 0.155. The third kappa shape index (κ3) is 4.59. The summed E-state index contributed by atoms with van der Waals surface area (Å²) in [5.41, 5.74) is 3.12. The molecule has 32 heavy (non-hydrogen) atoms. The van der Waals surface area contributed by atoms with E-state index in [2.05, 4.69) is 37.7 Å². The summed E-state index contributed by atoms with van der Waals surface area (Å²) in [5, 5.41) is 9.45. The van der Waals surface area contributed by atoms with Crippen molar-refractivity contribution in [2.75, 3.05) is 50.7 Å². The van der Waals surface area contributed by atoms with Gasteiger partial charge >= 0.3 is 0 Å². The van der Waals surface area contributed by atoms with Gasteiger partial charge in [-0.1, -0.05) is 6.42 Å². The Morgan fingerprint density at radius 1 is 1.00 bits per heavy atom. The Morgan fingerprint density at radius 2 is 1.75 bits per heavy atom. The number of hydrogen-bond acceptors (Lipinski definition) is 7. The van der Waals surface area contributed by atoms with Crippen LogP contribution in [0.3, 0.4) is 0 Å². The first-order valence-electron chi connectivity index (χ1n) is 12.2. The van der Waals surface area contributed by atoms with E-state index in [-0.39, 0.29) is 12.2 Å². The van der Waals surface area contributed by atoms with Crippen molar-refractivity contribution < 1.29 is 4.74 Å². The predicted octanol–water partition coefficient (Wildman–Crippen LogP) is 3.05.